The molecule has 0 saturated heterocycles. The third kappa shape index (κ3) is 3.18. The molecule has 1 saturated carbocycles. The van der Waals surface area contributed by atoms with Gasteiger partial charge in [0.2, 0.25) is 0 Å². The van der Waals surface area contributed by atoms with Crippen LogP contribution in [0.5, 0.6) is 0 Å². The highest BCUT2D eigenvalue weighted by Crippen LogP contribution is 2.29. The molecule has 0 aliphatic heterocycles. The monoisotopic (exact) mass is 234 g/mol. The number of nitrogens with zero attached hydrogens (tertiary/aromatic N) is 2. The maximum Gasteiger partial charge on any atom is 0.140 e. The molecule has 1 aromatic heterocycles. The highest BCUT2D eigenvalue weighted by molar-refractivity contribution is 5.83. The largest absolute Gasteiger partial charge is 0.299 e. The van der Waals surface area contributed by atoms with Crippen LogP contribution in [0.3, 0.4) is 0 Å². The lowest BCUT2D eigenvalue weighted by molar-refractivity contribution is -0.123. The van der Waals surface area contributed by atoms with Gasteiger partial charge in [0, 0.05) is 25.1 Å². The third-order valence-corrected chi connectivity index (χ3v) is 3.78. The van der Waals surface area contributed by atoms with Crippen molar-refractivity contribution < 1.29 is 4.79 Å². The van der Waals surface area contributed by atoms with Crippen molar-refractivity contribution in [3.8, 4) is 0 Å². The Bertz CT molecular complexity index is 383. The standard InChI is InChI=1S/C14H22N2O/c1-3-16-10-12(9-15-16)8-14(17)13-6-4-5-11(2)7-13/h9-11,13H,3-8H2,1-2H3. The number of aryl methyl sites for hydroxylation is 1. The van der Waals surface area contributed by atoms with Gasteiger partial charge in [0.05, 0.1) is 6.20 Å². The molecular weight excluding hydrogens is 212 g/mol. The molecule has 0 radical (unpaired) electrons. The Labute approximate surface area is 103 Å². The van der Waals surface area contributed by atoms with Crippen LogP contribution in [-0.4, -0.2) is 15.6 Å². The first-order valence-corrected chi connectivity index (χ1v) is 6.73. The highest BCUT2D eigenvalue weighted by atomic mass is 16.1. The topological polar surface area (TPSA) is 34.9 Å². The van der Waals surface area contributed by atoms with Crippen molar-refractivity contribution in [2.24, 2.45) is 11.8 Å². The third-order valence-electron chi connectivity index (χ3n) is 3.78. The molecule has 1 heterocycles. The minimum Gasteiger partial charge on any atom is -0.299 e. The summed E-state index contributed by atoms with van der Waals surface area (Å²) in [7, 11) is 0. The molecule has 0 bridgehead atoms. The first kappa shape index (κ1) is 12.3. The van der Waals surface area contributed by atoms with E-state index >= 15 is 0 Å². The Hall–Kier alpha value is -1.12. The first-order chi connectivity index (χ1) is 8.19. The van der Waals surface area contributed by atoms with Crippen molar-refractivity contribution in [3.05, 3.63) is 18.0 Å². The minimum absolute atomic E-state index is 0.295. The Morgan fingerprint density at radius 3 is 3.00 bits per heavy atom. The number of hydrogen-bond donors (Lipinski definition) is 0. The molecule has 1 fully saturated rings. The summed E-state index contributed by atoms with van der Waals surface area (Å²) in [5, 5.41) is 4.21. The Balaban J connectivity index is 1.91. The number of aromatic nitrogens is 2. The summed E-state index contributed by atoms with van der Waals surface area (Å²) < 4.78 is 1.88. The van der Waals surface area contributed by atoms with Gasteiger partial charge >= 0.3 is 0 Å². The predicted octanol–water partition coefficient (Wildman–Crippen LogP) is 2.84. The quantitative estimate of drug-likeness (QED) is 0.803. The molecule has 1 aliphatic carbocycles. The summed E-state index contributed by atoms with van der Waals surface area (Å²) in [6.07, 6.45) is 9.06. The Morgan fingerprint density at radius 2 is 2.35 bits per heavy atom. The summed E-state index contributed by atoms with van der Waals surface area (Å²) in [6.45, 7) is 5.19. The van der Waals surface area contributed by atoms with Gasteiger partial charge in [-0.15, -0.1) is 0 Å². The highest BCUT2D eigenvalue weighted by Gasteiger charge is 2.24. The maximum absolute atomic E-state index is 12.2. The zero-order chi connectivity index (χ0) is 12.3. The molecule has 1 aliphatic rings. The predicted molar refractivity (Wildman–Crippen MR) is 67.7 cm³/mol. The van der Waals surface area contributed by atoms with E-state index in [1.54, 1.807) is 0 Å². The fourth-order valence-electron chi connectivity index (χ4n) is 2.74. The average Bonchev–Trinajstić information content (AvgIpc) is 2.77. The maximum atomic E-state index is 12.2. The number of rotatable bonds is 4. The second-order valence-corrected chi connectivity index (χ2v) is 5.32. The summed E-state index contributed by atoms with van der Waals surface area (Å²) in [4.78, 5) is 12.2. The summed E-state index contributed by atoms with van der Waals surface area (Å²) >= 11 is 0. The molecule has 2 unspecified atom stereocenters. The van der Waals surface area contributed by atoms with E-state index in [9.17, 15) is 4.79 Å². The molecule has 17 heavy (non-hydrogen) atoms. The van der Waals surface area contributed by atoms with Gasteiger partial charge in [-0.1, -0.05) is 19.8 Å². The van der Waals surface area contributed by atoms with Gasteiger partial charge in [-0.2, -0.15) is 5.10 Å². The molecule has 1 aromatic rings. The fourth-order valence-corrected chi connectivity index (χ4v) is 2.74. The molecule has 0 aromatic carbocycles. The van der Waals surface area contributed by atoms with E-state index in [0.717, 1.165) is 30.9 Å². The Morgan fingerprint density at radius 1 is 1.53 bits per heavy atom. The van der Waals surface area contributed by atoms with E-state index in [-0.39, 0.29) is 0 Å². The average molecular weight is 234 g/mol. The zero-order valence-corrected chi connectivity index (χ0v) is 10.9. The number of ketones is 1. The summed E-state index contributed by atoms with van der Waals surface area (Å²) in [5.74, 6) is 1.42. The summed E-state index contributed by atoms with van der Waals surface area (Å²) in [6, 6.07) is 0. The lowest BCUT2D eigenvalue weighted by atomic mass is 9.79. The number of Topliss-reactive ketones (excluding diaryl/α,β-unsaturated/α-hetero) is 1. The van der Waals surface area contributed by atoms with E-state index in [4.69, 9.17) is 0 Å². The van der Waals surface area contributed by atoms with Crippen molar-refractivity contribution in [3.63, 3.8) is 0 Å². The van der Waals surface area contributed by atoms with Gasteiger partial charge in [0.15, 0.2) is 0 Å². The van der Waals surface area contributed by atoms with Crippen LogP contribution in [0.4, 0.5) is 0 Å². The molecule has 2 rings (SSSR count). The second kappa shape index (κ2) is 5.48. The van der Waals surface area contributed by atoms with Crippen LogP contribution in [0, 0.1) is 11.8 Å². The van der Waals surface area contributed by atoms with Crippen LogP contribution in [0.15, 0.2) is 12.4 Å². The molecule has 94 valence electrons. The van der Waals surface area contributed by atoms with Crippen LogP contribution in [0.25, 0.3) is 0 Å². The van der Waals surface area contributed by atoms with Crippen molar-refractivity contribution in [2.45, 2.75) is 52.5 Å². The van der Waals surface area contributed by atoms with Crippen molar-refractivity contribution >= 4 is 5.78 Å². The second-order valence-electron chi connectivity index (χ2n) is 5.32. The normalized spacial score (nSPS) is 24.8. The molecule has 3 heteroatoms. The van der Waals surface area contributed by atoms with Crippen molar-refractivity contribution in [1.29, 1.82) is 0 Å². The van der Waals surface area contributed by atoms with Crippen LogP contribution in [0.2, 0.25) is 0 Å². The molecular formula is C14H22N2O. The lowest BCUT2D eigenvalue weighted by Gasteiger charge is -2.25. The summed E-state index contributed by atoms with van der Waals surface area (Å²) in [5.41, 5.74) is 1.06. The van der Waals surface area contributed by atoms with E-state index < -0.39 is 0 Å². The van der Waals surface area contributed by atoms with Crippen LogP contribution in [-0.2, 0) is 17.8 Å². The Kier molecular flexibility index (Phi) is 3.97. The first-order valence-electron chi connectivity index (χ1n) is 6.73. The number of carbonyl (C=O) groups excluding carboxylic acids is 1. The van der Waals surface area contributed by atoms with E-state index in [0.29, 0.717) is 18.1 Å². The minimum atomic E-state index is 0.295. The van der Waals surface area contributed by atoms with Gasteiger partial charge < -0.3 is 0 Å². The molecule has 0 amide bonds. The van der Waals surface area contributed by atoms with Gasteiger partial charge in [-0.05, 0) is 31.2 Å². The molecule has 2 atom stereocenters. The van der Waals surface area contributed by atoms with Crippen LogP contribution >= 0.6 is 0 Å². The van der Waals surface area contributed by atoms with E-state index in [1.807, 2.05) is 17.1 Å². The SMILES string of the molecule is CCn1cc(CC(=O)C2CCCC(C)C2)cn1. The van der Waals surface area contributed by atoms with Crippen LogP contribution in [0.1, 0.15) is 45.1 Å². The molecule has 0 N–H and O–H groups in total. The molecule has 0 spiro atoms. The molecule has 3 nitrogen and oxygen atoms in total. The van der Waals surface area contributed by atoms with Gasteiger partial charge in [0.25, 0.3) is 0 Å². The van der Waals surface area contributed by atoms with E-state index in [2.05, 4.69) is 18.9 Å². The fraction of sp³-hybridized carbons (Fsp3) is 0.714. The lowest BCUT2D eigenvalue weighted by Crippen LogP contribution is -2.23. The van der Waals surface area contributed by atoms with Gasteiger partial charge in [-0.3, -0.25) is 9.48 Å². The smallest absolute Gasteiger partial charge is 0.140 e. The van der Waals surface area contributed by atoms with Crippen molar-refractivity contribution in [1.82, 2.24) is 9.78 Å². The van der Waals surface area contributed by atoms with Crippen LogP contribution < -0.4 is 0 Å². The van der Waals surface area contributed by atoms with Gasteiger partial charge in [-0.25, -0.2) is 0 Å². The van der Waals surface area contributed by atoms with E-state index in [1.165, 1.54) is 12.8 Å². The van der Waals surface area contributed by atoms with Crippen molar-refractivity contribution in [2.75, 3.05) is 0 Å². The number of hydrogen-bond acceptors (Lipinski definition) is 2. The van der Waals surface area contributed by atoms with Gasteiger partial charge in [0.1, 0.15) is 5.78 Å². The zero-order valence-electron chi connectivity index (χ0n) is 10.9. The number of carbonyl (C=O) groups is 1.